The molecule has 0 spiro atoms. The summed E-state index contributed by atoms with van der Waals surface area (Å²) >= 11 is 6.08. The Bertz CT molecular complexity index is 992. The normalized spacial score (nSPS) is 10.5. The molecule has 3 aromatic rings. The lowest BCUT2D eigenvalue weighted by molar-refractivity contribution is -0.384. The number of halogens is 1. The van der Waals surface area contributed by atoms with Crippen LogP contribution >= 0.6 is 11.6 Å². The van der Waals surface area contributed by atoms with E-state index in [1.807, 2.05) is 60.7 Å². The Hall–Kier alpha value is -3.65. The van der Waals surface area contributed by atoms with Gasteiger partial charge in [0.05, 0.1) is 17.6 Å². The molecular formula is C21H19ClN4O4. The van der Waals surface area contributed by atoms with Gasteiger partial charge in [0.2, 0.25) is 5.15 Å². The second-order valence-electron chi connectivity index (χ2n) is 6.20. The maximum Gasteiger partial charge on any atom is 0.412 e. The van der Waals surface area contributed by atoms with Crippen LogP contribution in [0.25, 0.3) is 0 Å². The number of hydrogen-bond donors (Lipinski definition) is 2. The van der Waals surface area contributed by atoms with Crippen LogP contribution in [0.1, 0.15) is 24.1 Å². The quantitative estimate of drug-likeness (QED) is 0.297. The average molecular weight is 427 g/mol. The molecule has 9 heteroatoms. The highest BCUT2D eigenvalue weighted by molar-refractivity contribution is 6.32. The summed E-state index contributed by atoms with van der Waals surface area (Å²) in [6, 6.07) is 19.9. The number of nitro groups is 1. The van der Waals surface area contributed by atoms with E-state index >= 15 is 0 Å². The molecule has 30 heavy (non-hydrogen) atoms. The van der Waals surface area contributed by atoms with Gasteiger partial charge in [0.25, 0.3) is 0 Å². The summed E-state index contributed by atoms with van der Waals surface area (Å²) in [6.45, 7) is 1.83. The Kier molecular flexibility index (Phi) is 6.82. The molecule has 0 atom stereocenters. The monoisotopic (exact) mass is 426 g/mol. The maximum absolute atomic E-state index is 11.7. The molecule has 1 amide bonds. The minimum Gasteiger partial charge on any atom is -0.450 e. The summed E-state index contributed by atoms with van der Waals surface area (Å²) in [5, 5.41) is 16.9. The van der Waals surface area contributed by atoms with E-state index in [0.717, 1.165) is 11.1 Å². The predicted molar refractivity (Wildman–Crippen MR) is 115 cm³/mol. The van der Waals surface area contributed by atoms with Crippen LogP contribution in [0.5, 0.6) is 0 Å². The van der Waals surface area contributed by atoms with Crippen LogP contribution in [0.3, 0.4) is 0 Å². The van der Waals surface area contributed by atoms with E-state index in [-0.39, 0.29) is 29.0 Å². The van der Waals surface area contributed by atoms with Crippen LogP contribution < -0.4 is 10.6 Å². The topological polar surface area (TPSA) is 106 Å². The number of carbonyl (C=O) groups is 1. The van der Waals surface area contributed by atoms with E-state index in [1.54, 1.807) is 6.92 Å². The fourth-order valence-electron chi connectivity index (χ4n) is 2.93. The molecule has 1 aromatic heterocycles. The number of carbonyl (C=O) groups excluding carboxylic acids is 1. The van der Waals surface area contributed by atoms with Gasteiger partial charge in [-0.15, -0.1) is 0 Å². The van der Waals surface area contributed by atoms with E-state index in [2.05, 4.69) is 15.6 Å². The minimum absolute atomic E-state index is 0.0337. The second kappa shape index (κ2) is 9.71. The van der Waals surface area contributed by atoms with Gasteiger partial charge >= 0.3 is 11.8 Å². The van der Waals surface area contributed by atoms with Gasteiger partial charge in [-0.2, -0.15) is 0 Å². The summed E-state index contributed by atoms with van der Waals surface area (Å²) in [6.07, 6.45) is -0.733. The molecule has 2 aromatic carbocycles. The summed E-state index contributed by atoms with van der Waals surface area (Å²) in [5.41, 5.74) is 1.52. The molecule has 0 aliphatic heterocycles. The van der Waals surface area contributed by atoms with Gasteiger partial charge in [0.1, 0.15) is 11.5 Å². The highest BCUT2D eigenvalue weighted by Crippen LogP contribution is 2.37. The second-order valence-corrected chi connectivity index (χ2v) is 6.55. The number of nitrogens with one attached hydrogen (secondary N) is 2. The molecule has 0 saturated heterocycles. The van der Waals surface area contributed by atoms with Crippen LogP contribution in [-0.2, 0) is 4.74 Å². The van der Waals surface area contributed by atoms with Crippen LogP contribution in [0.4, 0.5) is 22.0 Å². The van der Waals surface area contributed by atoms with Gasteiger partial charge in [-0.3, -0.25) is 15.4 Å². The first kappa shape index (κ1) is 21.1. The highest BCUT2D eigenvalue weighted by atomic mass is 35.5. The van der Waals surface area contributed by atoms with Crippen molar-refractivity contribution in [1.82, 2.24) is 4.98 Å². The average Bonchev–Trinajstić information content (AvgIpc) is 2.73. The van der Waals surface area contributed by atoms with Crippen molar-refractivity contribution >= 4 is 34.9 Å². The lowest BCUT2D eigenvalue weighted by Crippen LogP contribution is -2.17. The number of pyridine rings is 1. The van der Waals surface area contributed by atoms with Crippen molar-refractivity contribution < 1.29 is 14.5 Å². The molecule has 2 N–H and O–H groups in total. The van der Waals surface area contributed by atoms with Crippen LogP contribution in [0.2, 0.25) is 5.15 Å². The third-order valence-corrected chi connectivity index (χ3v) is 4.47. The first-order valence-corrected chi connectivity index (χ1v) is 9.52. The maximum atomic E-state index is 11.7. The molecule has 0 aliphatic rings. The van der Waals surface area contributed by atoms with E-state index in [1.165, 1.54) is 6.07 Å². The Labute approximate surface area is 178 Å². The lowest BCUT2D eigenvalue weighted by atomic mass is 9.98. The van der Waals surface area contributed by atoms with Crippen molar-refractivity contribution in [2.75, 3.05) is 17.2 Å². The third-order valence-electron chi connectivity index (χ3n) is 4.20. The SMILES string of the molecule is CCOC(=O)Nc1cc(NC(c2ccccc2)c2ccccc2)c([N+](=O)[O-])c(Cl)n1. The molecule has 1 heterocycles. The summed E-state index contributed by atoms with van der Waals surface area (Å²) in [7, 11) is 0. The van der Waals surface area contributed by atoms with Gasteiger partial charge in [-0.25, -0.2) is 9.78 Å². The minimum atomic E-state index is -0.733. The Balaban J connectivity index is 2.05. The molecule has 0 radical (unpaired) electrons. The van der Waals surface area contributed by atoms with Gasteiger partial charge in [0, 0.05) is 6.07 Å². The predicted octanol–water partition coefficient (Wildman–Crippen LogP) is 5.41. The van der Waals surface area contributed by atoms with E-state index in [9.17, 15) is 14.9 Å². The zero-order valence-corrected chi connectivity index (χ0v) is 16.8. The molecule has 0 unspecified atom stereocenters. The van der Waals surface area contributed by atoms with Crippen LogP contribution in [-0.4, -0.2) is 22.6 Å². The summed E-state index contributed by atoms with van der Waals surface area (Å²) in [5.74, 6) is 0.0337. The van der Waals surface area contributed by atoms with Gasteiger partial charge in [0.15, 0.2) is 0 Å². The van der Waals surface area contributed by atoms with E-state index in [4.69, 9.17) is 16.3 Å². The third kappa shape index (κ3) is 5.03. The van der Waals surface area contributed by atoms with Crippen molar-refractivity contribution in [3.63, 3.8) is 0 Å². The molecule has 8 nitrogen and oxygen atoms in total. The molecule has 0 bridgehead atoms. The zero-order chi connectivity index (χ0) is 21.5. The summed E-state index contributed by atoms with van der Waals surface area (Å²) < 4.78 is 4.84. The van der Waals surface area contributed by atoms with Crippen molar-refractivity contribution in [2.24, 2.45) is 0 Å². The van der Waals surface area contributed by atoms with Gasteiger partial charge < -0.3 is 10.1 Å². The number of nitrogens with zero attached hydrogens (tertiary/aromatic N) is 2. The molecular weight excluding hydrogens is 408 g/mol. The van der Waals surface area contributed by atoms with Crippen molar-refractivity contribution in [3.8, 4) is 0 Å². The number of amides is 1. The first-order valence-electron chi connectivity index (χ1n) is 9.14. The number of ether oxygens (including phenoxy) is 1. The van der Waals surface area contributed by atoms with Crippen molar-refractivity contribution in [1.29, 1.82) is 0 Å². The largest absolute Gasteiger partial charge is 0.450 e. The van der Waals surface area contributed by atoms with Gasteiger partial charge in [-0.1, -0.05) is 72.3 Å². The van der Waals surface area contributed by atoms with Crippen molar-refractivity contribution in [3.05, 3.63) is 93.1 Å². The Morgan fingerprint density at radius 2 is 1.70 bits per heavy atom. The van der Waals surface area contributed by atoms with Crippen LogP contribution in [0, 0.1) is 10.1 Å². The summed E-state index contributed by atoms with van der Waals surface area (Å²) in [4.78, 5) is 26.7. The first-order chi connectivity index (χ1) is 14.5. The number of aromatic nitrogens is 1. The fraction of sp³-hybridized carbons (Fsp3) is 0.143. The zero-order valence-electron chi connectivity index (χ0n) is 16.0. The van der Waals surface area contributed by atoms with Crippen molar-refractivity contribution in [2.45, 2.75) is 13.0 Å². The van der Waals surface area contributed by atoms with Gasteiger partial charge in [-0.05, 0) is 18.1 Å². The number of hydrogen-bond acceptors (Lipinski definition) is 6. The molecule has 0 saturated carbocycles. The molecule has 0 aliphatic carbocycles. The smallest absolute Gasteiger partial charge is 0.412 e. The molecule has 154 valence electrons. The van der Waals surface area contributed by atoms with E-state index in [0.29, 0.717) is 0 Å². The van der Waals surface area contributed by atoms with E-state index < -0.39 is 17.1 Å². The fourth-order valence-corrected chi connectivity index (χ4v) is 3.19. The lowest BCUT2D eigenvalue weighted by Gasteiger charge is -2.21. The number of anilines is 2. The Morgan fingerprint density at radius 3 is 2.20 bits per heavy atom. The highest BCUT2D eigenvalue weighted by Gasteiger charge is 2.25. The number of rotatable bonds is 7. The standard InChI is InChI=1S/C21H19ClN4O4/c1-2-30-21(27)25-17-13-16(19(26(28)29)20(22)24-17)23-18(14-9-5-3-6-10-14)15-11-7-4-8-12-15/h3-13,18H,2H2,1H3,(H2,23,24,25,27). The molecule has 3 rings (SSSR count). The molecule has 0 fully saturated rings. The van der Waals surface area contributed by atoms with Crippen LogP contribution in [0.15, 0.2) is 66.7 Å². The Morgan fingerprint density at radius 1 is 1.13 bits per heavy atom. The number of benzene rings is 2.